The first kappa shape index (κ1) is 12.7. The lowest BCUT2D eigenvalue weighted by Gasteiger charge is -2.27. The van der Waals surface area contributed by atoms with Crippen molar-refractivity contribution in [2.75, 3.05) is 6.54 Å². The van der Waals surface area contributed by atoms with E-state index in [0.29, 0.717) is 0 Å². The molecule has 0 radical (unpaired) electrons. The zero-order valence-electron chi connectivity index (χ0n) is 9.47. The minimum atomic E-state index is -0.185. The van der Waals surface area contributed by atoms with Crippen LogP contribution in [0.2, 0.25) is 0 Å². The van der Waals surface area contributed by atoms with E-state index in [9.17, 15) is 0 Å². The highest BCUT2D eigenvalue weighted by Gasteiger charge is 2.20. The molecule has 7 heteroatoms. The van der Waals surface area contributed by atoms with Crippen LogP contribution in [-0.4, -0.2) is 29.6 Å². The summed E-state index contributed by atoms with van der Waals surface area (Å²) in [7, 11) is 0. The summed E-state index contributed by atoms with van der Waals surface area (Å²) in [6.07, 6.45) is 4.99. The van der Waals surface area contributed by atoms with Gasteiger partial charge in [0.05, 0.1) is 0 Å². The van der Waals surface area contributed by atoms with Gasteiger partial charge in [-0.05, 0) is 25.8 Å². The molecule has 16 heavy (non-hydrogen) atoms. The highest BCUT2D eigenvalue weighted by atomic mass is 15.5. The maximum Gasteiger partial charge on any atom is 0.220 e. The summed E-state index contributed by atoms with van der Waals surface area (Å²) in [5.74, 6) is 6.14. The predicted molar refractivity (Wildman–Crippen MR) is 65.2 cm³/mol. The average molecular weight is 227 g/mol. The molecule has 0 saturated carbocycles. The number of nitrogens with two attached hydrogens (primary N) is 4. The normalized spacial score (nSPS) is 20.6. The Balaban J connectivity index is 2.29. The fourth-order valence-electron chi connectivity index (χ4n) is 1.60. The van der Waals surface area contributed by atoms with Crippen molar-refractivity contribution >= 4 is 11.9 Å². The molecular formula is C9H21N7. The summed E-state index contributed by atoms with van der Waals surface area (Å²) in [5, 5.41) is 1.36. The van der Waals surface area contributed by atoms with Crippen LogP contribution in [-0.2, 0) is 0 Å². The lowest BCUT2D eigenvalue weighted by atomic mass is 10.1. The number of aliphatic imine (C=N–C) groups is 2. The standard InChI is InChI=1S/C9H21N7/c10-6-4-2-1-3-5-7-14-8(11)15-9(12)16(7)13/h7H,1-6,10,13H2,(H4,11,12,14,15). The number of guanidine groups is 2. The molecule has 1 heterocycles. The highest BCUT2D eigenvalue weighted by molar-refractivity contribution is 5.94. The van der Waals surface area contributed by atoms with E-state index in [4.69, 9.17) is 23.0 Å². The molecule has 0 spiro atoms. The summed E-state index contributed by atoms with van der Waals surface area (Å²) < 4.78 is 0. The van der Waals surface area contributed by atoms with Crippen LogP contribution in [0.3, 0.4) is 0 Å². The van der Waals surface area contributed by atoms with Crippen molar-refractivity contribution in [3.8, 4) is 0 Å². The number of hydrazine groups is 1. The van der Waals surface area contributed by atoms with Crippen molar-refractivity contribution in [1.82, 2.24) is 5.01 Å². The summed E-state index contributed by atoms with van der Waals surface area (Å²) in [4.78, 5) is 7.91. The largest absolute Gasteiger partial charge is 0.368 e. The molecule has 92 valence electrons. The van der Waals surface area contributed by atoms with E-state index in [1.54, 1.807) is 0 Å². The zero-order chi connectivity index (χ0) is 12.0. The third-order valence-electron chi connectivity index (χ3n) is 2.51. The van der Waals surface area contributed by atoms with Crippen molar-refractivity contribution < 1.29 is 0 Å². The molecule has 0 aromatic heterocycles. The van der Waals surface area contributed by atoms with E-state index < -0.39 is 0 Å². The summed E-state index contributed by atoms with van der Waals surface area (Å²) in [5.41, 5.74) is 16.5. The minimum absolute atomic E-state index is 0.185. The van der Waals surface area contributed by atoms with Crippen LogP contribution in [0.25, 0.3) is 0 Å². The van der Waals surface area contributed by atoms with E-state index in [2.05, 4.69) is 9.98 Å². The second-order valence-electron chi connectivity index (χ2n) is 3.84. The molecule has 1 aliphatic rings. The van der Waals surface area contributed by atoms with E-state index in [0.717, 1.165) is 38.6 Å². The first-order valence-corrected chi connectivity index (χ1v) is 5.56. The molecule has 7 nitrogen and oxygen atoms in total. The number of nitrogens with zero attached hydrogens (tertiary/aromatic N) is 3. The molecule has 1 rings (SSSR count). The lowest BCUT2D eigenvalue weighted by Crippen LogP contribution is -2.52. The van der Waals surface area contributed by atoms with Gasteiger partial charge in [-0.2, -0.15) is 4.99 Å². The molecule has 1 unspecified atom stereocenters. The van der Waals surface area contributed by atoms with Crippen LogP contribution in [0.4, 0.5) is 0 Å². The van der Waals surface area contributed by atoms with Gasteiger partial charge >= 0.3 is 0 Å². The summed E-state index contributed by atoms with van der Waals surface area (Å²) in [6.45, 7) is 0.747. The van der Waals surface area contributed by atoms with Gasteiger partial charge in [0.2, 0.25) is 11.9 Å². The molecule has 0 saturated heterocycles. The van der Waals surface area contributed by atoms with Gasteiger partial charge in [-0.25, -0.2) is 10.8 Å². The molecule has 0 bridgehead atoms. The van der Waals surface area contributed by atoms with Crippen LogP contribution in [0.5, 0.6) is 0 Å². The maximum atomic E-state index is 5.72. The van der Waals surface area contributed by atoms with Crippen molar-refractivity contribution in [3.05, 3.63) is 0 Å². The molecule has 1 atom stereocenters. The Kier molecular flexibility index (Phi) is 5.00. The van der Waals surface area contributed by atoms with Gasteiger partial charge in [0.25, 0.3) is 0 Å². The topological polar surface area (TPSA) is 132 Å². The minimum Gasteiger partial charge on any atom is -0.368 e. The second kappa shape index (κ2) is 6.29. The monoisotopic (exact) mass is 227 g/mol. The van der Waals surface area contributed by atoms with E-state index in [1.165, 1.54) is 5.01 Å². The van der Waals surface area contributed by atoms with E-state index in [-0.39, 0.29) is 18.1 Å². The van der Waals surface area contributed by atoms with Gasteiger partial charge in [-0.15, -0.1) is 0 Å². The van der Waals surface area contributed by atoms with Gasteiger partial charge in [-0.3, -0.25) is 5.01 Å². The molecule has 0 fully saturated rings. The molecule has 8 N–H and O–H groups in total. The Morgan fingerprint density at radius 3 is 2.50 bits per heavy atom. The van der Waals surface area contributed by atoms with Crippen molar-refractivity contribution in [2.24, 2.45) is 33.0 Å². The molecule has 0 amide bonds. The number of unbranched alkanes of at least 4 members (excludes halogenated alkanes) is 3. The Morgan fingerprint density at radius 1 is 1.12 bits per heavy atom. The van der Waals surface area contributed by atoms with Gasteiger partial charge in [0.1, 0.15) is 6.17 Å². The van der Waals surface area contributed by atoms with Crippen molar-refractivity contribution in [2.45, 2.75) is 38.3 Å². The molecular weight excluding hydrogens is 206 g/mol. The van der Waals surface area contributed by atoms with Crippen LogP contribution in [0.15, 0.2) is 9.98 Å². The van der Waals surface area contributed by atoms with Crippen LogP contribution in [0, 0.1) is 0 Å². The SMILES string of the molecule is NCCCCCCC1N=C(N)N=C(N)N1N. The van der Waals surface area contributed by atoms with Gasteiger partial charge in [-0.1, -0.05) is 12.8 Å². The summed E-state index contributed by atoms with van der Waals surface area (Å²) in [6, 6.07) is 0. The number of hydrogen-bond donors (Lipinski definition) is 4. The van der Waals surface area contributed by atoms with Crippen molar-refractivity contribution in [3.63, 3.8) is 0 Å². The third-order valence-corrected chi connectivity index (χ3v) is 2.51. The fourth-order valence-corrected chi connectivity index (χ4v) is 1.60. The third kappa shape index (κ3) is 3.67. The van der Waals surface area contributed by atoms with Crippen LogP contribution >= 0.6 is 0 Å². The molecule has 0 aliphatic carbocycles. The quantitative estimate of drug-likeness (QED) is 0.343. The first-order chi connectivity index (χ1) is 7.65. The Labute approximate surface area is 95.5 Å². The van der Waals surface area contributed by atoms with Gasteiger partial charge in [0, 0.05) is 0 Å². The Morgan fingerprint density at radius 2 is 1.81 bits per heavy atom. The van der Waals surface area contributed by atoms with Crippen LogP contribution < -0.4 is 23.0 Å². The Hall–Kier alpha value is -1.34. The second-order valence-corrected chi connectivity index (χ2v) is 3.84. The fraction of sp³-hybridized carbons (Fsp3) is 0.778. The van der Waals surface area contributed by atoms with E-state index >= 15 is 0 Å². The summed E-state index contributed by atoms with van der Waals surface area (Å²) >= 11 is 0. The predicted octanol–water partition coefficient (Wildman–Crippen LogP) is -0.960. The highest BCUT2D eigenvalue weighted by Crippen LogP contribution is 2.12. The van der Waals surface area contributed by atoms with Crippen LogP contribution in [0.1, 0.15) is 32.1 Å². The number of hydrogen-bond acceptors (Lipinski definition) is 7. The number of rotatable bonds is 6. The Bertz CT molecular complexity index is 273. The molecule has 0 aromatic rings. The van der Waals surface area contributed by atoms with Gasteiger partial charge in [0.15, 0.2) is 0 Å². The molecule has 1 aliphatic heterocycles. The smallest absolute Gasteiger partial charge is 0.220 e. The zero-order valence-corrected chi connectivity index (χ0v) is 9.47. The average Bonchev–Trinajstić information content (AvgIpc) is 2.24. The maximum absolute atomic E-state index is 5.72. The lowest BCUT2D eigenvalue weighted by molar-refractivity contribution is 0.296. The first-order valence-electron chi connectivity index (χ1n) is 5.56. The molecule has 0 aromatic carbocycles. The van der Waals surface area contributed by atoms with E-state index in [1.807, 2.05) is 0 Å². The van der Waals surface area contributed by atoms with Crippen molar-refractivity contribution in [1.29, 1.82) is 0 Å². The van der Waals surface area contributed by atoms with Gasteiger partial charge < -0.3 is 17.2 Å².